The Balaban J connectivity index is 2.36. The number of aryl methyl sites for hydroxylation is 1. The SMILES string of the molecule is Cc1cc(NS(=O)(=O)c2ccc(C#N)c(Cl)c2)ccc1Br. The summed E-state index contributed by atoms with van der Waals surface area (Å²) in [6.07, 6.45) is 0. The van der Waals surface area contributed by atoms with Gasteiger partial charge in [-0.15, -0.1) is 0 Å². The Morgan fingerprint density at radius 3 is 2.52 bits per heavy atom. The number of nitrogens with one attached hydrogen (secondary N) is 1. The lowest BCUT2D eigenvalue weighted by Gasteiger charge is -2.10. The van der Waals surface area contributed by atoms with Crippen LogP contribution in [0.15, 0.2) is 45.8 Å². The van der Waals surface area contributed by atoms with Crippen LogP contribution in [0.25, 0.3) is 0 Å². The third kappa shape index (κ3) is 3.56. The Bertz CT molecular complexity index is 845. The van der Waals surface area contributed by atoms with Gasteiger partial charge in [0.25, 0.3) is 10.0 Å². The van der Waals surface area contributed by atoms with Crippen LogP contribution < -0.4 is 4.72 Å². The maximum atomic E-state index is 12.3. The van der Waals surface area contributed by atoms with Gasteiger partial charge in [0.05, 0.1) is 15.5 Å². The Kier molecular flexibility index (Phi) is 4.57. The first-order valence-corrected chi connectivity index (χ1v) is 8.47. The fraction of sp³-hybridized carbons (Fsp3) is 0.0714. The number of sulfonamides is 1. The number of nitriles is 1. The standard InChI is InChI=1S/C14H10BrClN2O2S/c1-9-6-11(3-5-13(9)15)18-21(19,20)12-4-2-10(8-17)14(16)7-12/h2-7,18H,1H3. The molecule has 21 heavy (non-hydrogen) atoms. The third-order valence-electron chi connectivity index (χ3n) is 2.78. The van der Waals surface area contributed by atoms with E-state index in [0.717, 1.165) is 10.0 Å². The predicted octanol–water partition coefficient (Wildman–Crippen LogP) is 4.08. The number of benzene rings is 2. The van der Waals surface area contributed by atoms with Crippen LogP contribution in [0.4, 0.5) is 5.69 Å². The minimum Gasteiger partial charge on any atom is -0.280 e. The minimum absolute atomic E-state index is 0.00655. The van der Waals surface area contributed by atoms with E-state index in [1.807, 2.05) is 13.0 Å². The molecule has 1 N–H and O–H groups in total. The van der Waals surface area contributed by atoms with Crippen LogP contribution in [0.5, 0.6) is 0 Å². The van der Waals surface area contributed by atoms with Crippen molar-refractivity contribution in [3.63, 3.8) is 0 Å². The van der Waals surface area contributed by atoms with Crippen molar-refractivity contribution in [3.05, 3.63) is 57.0 Å². The number of anilines is 1. The second kappa shape index (κ2) is 6.06. The average molecular weight is 386 g/mol. The lowest BCUT2D eigenvalue weighted by Crippen LogP contribution is -2.13. The molecule has 0 heterocycles. The quantitative estimate of drug-likeness (QED) is 0.865. The van der Waals surface area contributed by atoms with Crippen molar-refractivity contribution in [2.75, 3.05) is 4.72 Å². The summed E-state index contributed by atoms with van der Waals surface area (Å²) in [6, 6.07) is 11.0. The maximum Gasteiger partial charge on any atom is 0.261 e. The van der Waals surface area contributed by atoms with Crippen molar-refractivity contribution in [3.8, 4) is 6.07 Å². The van der Waals surface area contributed by atoms with Gasteiger partial charge in [-0.25, -0.2) is 8.42 Å². The summed E-state index contributed by atoms with van der Waals surface area (Å²) in [7, 11) is -3.75. The van der Waals surface area contributed by atoms with Crippen LogP contribution in [0, 0.1) is 18.3 Å². The highest BCUT2D eigenvalue weighted by Gasteiger charge is 2.16. The molecule has 0 aliphatic rings. The van der Waals surface area contributed by atoms with Crippen LogP contribution in [-0.2, 0) is 10.0 Å². The van der Waals surface area contributed by atoms with Gasteiger partial charge in [-0.1, -0.05) is 27.5 Å². The summed E-state index contributed by atoms with van der Waals surface area (Å²) in [5.41, 5.74) is 1.60. The highest BCUT2D eigenvalue weighted by molar-refractivity contribution is 9.10. The molecule has 4 nitrogen and oxygen atoms in total. The van der Waals surface area contributed by atoms with Crippen molar-refractivity contribution in [2.24, 2.45) is 0 Å². The molecular weight excluding hydrogens is 376 g/mol. The lowest BCUT2D eigenvalue weighted by molar-refractivity contribution is 0.601. The molecule has 0 bridgehead atoms. The molecule has 0 saturated carbocycles. The van der Waals surface area contributed by atoms with E-state index in [0.29, 0.717) is 5.69 Å². The summed E-state index contributed by atoms with van der Waals surface area (Å²) in [5, 5.41) is 8.90. The Morgan fingerprint density at radius 2 is 1.95 bits per heavy atom. The number of halogens is 2. The second-order valence-corrected chi connectivity index (χ2v) is 7.27. The molecule has 0 aliphatic carbocycles. The van der Waals surface area contributed by atoms with Gasteiger partial charge < -0.3 is 0 Å². The van der Waals surface area contributed by atoms with Gasteiger partial charge in [0.2, 0.25) is 0 Å². The first-order valence-electron chi connectivity index (χ1n) is 5.82. The molecule has 0 aliphatic heterocycles. The Labute approximate surface area is 136 Å². The zero-order valence-electron chi connectivity index (χ0n) is 10.9. The van der Waals surface area contributed by atoms with E-state index in [-0.39, 0.29) is 15.5 Å². The monoisotopic (exact) mass is 384 g/mol. The number of hydrogen-bond acceptors (Lipinski definition) is 3. The van der Waals surface area contributed by atoms with Crippen LogP contribution in [-0.4, -0.2) is 8.42 Å². The van der Waals surface area contributed by atoms with E-state index in [1.54, 1.807) is 18.2 Å². The topological polar surface area (TPSA) is 70.0 Å². The summed E-state index contributed by atoms with van der Waals surface area (Å²) < 4.78 is 27.9. The smallest absolute Gasteiger partial charge is 0.261 e. The van der Waals surface area contributed by atoms with Crippen molar-refractivity contribution >= 4 is 43.2 Å². The van der Waals surface area contributed by atoms with Crippen LogP contribution in [0.2, 0.25) is 5.02 Å². The molecule has 2 rings (SSSR count). The van der Waals surface area contributed by atoms with E-state index in [9.17, 15) is 8.42 Å². The molecule has 0 radical (unpaired) electrons. The third-order valence-corrected chi connectivity index (χ3v) is 5.36. The van der Waals surface area contributed by atoms with E-state index in [2.05, 4.69) is 20.7 Å². The molecule has 0 atom stereocenters. The lowest BCUT2D eigenvalue weighted by atomic mass is 10.2. The molecule has 108 valence electrons. The number of rotatable bonds is 3. The van der Waals surface area contributed by atoms with E-state index in [1.165, 1.54) is 18.2 Å². The number of hydrogen-bond donors (Lipinski definition) is 1. The van der Waals surface area contributed by atoms with Crippen LogP contribution in [0.1, 0.15) is 11.1 Å². The largest absolute Gasteiger partial charge is 0.280 e. The van der Waals surface area contributed by atoms with Crippen molar-refractivity contribution in [2.45, 2.75) is 11.8 Å². The molecule has 2 aromatic carbocycles. The molecule has 7 heteroatoms. The Hall–Kier alpha value is -1.55. The molecular formula is C14H10BrClN2O2S. The van der Waals surface area contributed by atoms with Gasteiger partial charge in [-0.3, -0.25) is 4.72 Å². The predicted molar refractivity (Wildman–Crippen MR) is 85.9 cm³/mol. The summed E-state index contributed by atoms with van der Waals surface area (Å²) in [4.78, 5) is 0.00655. The zero-order valence-corrected chi connectivity index (χ0v) is 14.1. The average Bonchev–Trinajstić information content (AvgIpc) is 2.42. The first-order chi connectivity index (χ1) is 9.83. The van der Waals surface area contributed by atoms with Gasteiger partial charge in [-0.05, 0) is 48.9 Å². The van der Waals surface area contributed by atoms with Crippen LogP contribution >= 0.6 is 27.5 Å². The Morgan fingerprint density at radius 1 is 1.24 bits per heavy atom. The van der Waals surface area contributed by atoms with E-state index in [4.69, 9.17) is 16.9 Å². The fourth-order valence-electron chi connectivity index (χ4n) is 1.68. The fourth-order valence-corrected chi connectivity index (χ4v) is 3.29. The van der Waals surface area contributed by atoms with Gasteiger partial charge in [0.15, 0.2) is 0 Å². The normalized spacial score (nSPS) is 11.0. The molecule has 0 spiro atoms. The van der Waals surface area contributed by atoms with Crippen molar-refractivity contribution in [1.82, 2.24) is 0 Å². The van der Waals surface area contributed by atoms with E-state index >= 15 is 0 Å². The highest BCUT2D eigenvalue weighted by Crippen LogP contribution is 2.24. The highest BCUT2D eigenvalue weighted by atomic mass is 79.9. The molecule has 2 aromatic rings. The molecule has 0 aromatic heterocycles. The molecule has 0 amide bonds. The van der Waals surface area contributed by atoms with Gasteiger partial charge in [-0.2, -0.15) is 5.26 Å². The molecule has 0 unspecified atom stereocenters. The van der Waals surface area contributed by atoms with Gasteiger partial charge in [0.1, 0.15) is 6.07 Å². The van der Waals surface area contributed by atoms with Crippen molar-refractivity contribution < 1.29 is 8.42 Å². The minimum atomic E-state index is -3.75. The number of nitrogens with zero attached hydrogens (tertiary/aromatic N) is 1. The van der Waals surface area contributed by atoms with Crippen LogP contribution in [0.3, 0.4) is 0 Å². The summed E-state index contributed by atoms with van der Waals surface area (Å²) in [5.74, 6) is 0. The zero-order chi connectivity index (χ0) is 15.6. The maximum absolute atomic E-state index is 12.3. The molecule has 0 fully saturated rings. The first kappa shape index (κ1) is 15.8. The summed E-state index contributed by atoms with van der Waals surface area (Å²) in [6.45, 7) is 1.86. The van der Waals surface area contributed by atoms with Gasteiger partial charge >= 0.3 is 0 Å². The molecule has 0 saturated heterocycles. The second-order valence-electron chi connectivity index (χ2n) is 4.32. The van der Waals surface area contributed by atoms with Gasteiger partial charge in [0, 0.05) is 10.2 Å². The van der Waals surface area contributed by atoms with Crippen molar-refractivity contribution in [1.29, 1.82) is 5.26 Å². The summed E-state index contributed by atoms with van der Waals surface area (Å²) >= 11 is 9.22. The van der Waals surface area contributed by atoms with E-state index < -0.39 is 10.0 Å².